The Labute approximate surface area is 125 Å². The maximum absolute atomic E-state index is 12.2. The first-order valence-electron chi connectivity index (χ1n) is 7.22. The molecular weight excluding hydrogens is 270 g/mol. The van der Waals surface area contributed by atoms with Gasteiger partial charge in [-0.1, -0.05) is 0 Å². The normalized spacial score (nSPS) is 18.1. The van der Waals surface area contributed by atoms with Gasteiger partial charge >= 0.3 is 0 Å². The van der Waals surface area contributed by atoms with Crippen LogP contribution in [0.1, 0.15) is 43.8 Å². The van der Waals surface area contributed by atoms with E-state index < -0.39 is 5.60 Å². The number of hydrogen-bond donors (Lipinski definition) is 2. The van der Waals surface area contributed by atoms with E-state index in [9.17, 15) is 9.90 Å². The third-order valence-corrected chi connectivity index (χ3v) is 3.80. The predicted molar refractivity (Wildman–Crippen MR) is 78.6 cm³/mol. The first-order valence-corrected chi connectivity index (χ1v) is 7.22. The molecule has 0 aliphatic carbocycles. The minimum absolute atomic E-state index is 0.127. The van der Waals surface area contributed by atoms with E-state index in [4.69, 9.17) is 9.15 Å². The second kappa shape index (κ2) is 5.93. The molecule has 2 heterocycles. The summed E-state index contributed by atoms with van der Waals surface area (Å²) >= 11 is 0. The lowest BCUT2D eigenvalue weighted by Crippen LogP contribution is -2.40. The predicted octanol–water partition coefficient (Wildman–Crippen LogP) is 2.30. The fraction of sp³-hybridized carbons (Fsp3) is 0.562. The maximum Gasteiger partial charge on any atom is 0.250 e. The van der Waals surface area contributed by atoms with Gasteiger partial charge in [0.05, 0.1) is 18.7 Å². The smallest absolute Gasteiger partial charge is 0.250 e. The molecule has 0 fully saturated rings. The van der Waals surface area contributed by atoms with Crippen LogP contribution < -0.4 is 5.32 Å². The van der Waals surface area contributed by atoms with Crippen molar-refractivity contribution >= 4 is 5.91 Å². The average Bonchev–Trinajstić information content (AvgIpc) is 2.76. The molecule has 1 aromatic heterocycles. The van der Waals surface area contributed by atoms with Crippen LogP contribution in [0.15, 0.2) is 21.8 Å². The van der Waals surface area contributed by atoms with Crippen molar-refractivity contribution in [1.82, 2.24) is 5.32 Å². The van der Waals surface area contributed by atoms with Crippen molar-refractivity contribution in [3.8, 4) is 0 Å². The highest BCUT2D eigenvalue weighted by molar-refractivity contribution is 5.93. The molecule has 2 rings (SSSR count). The molecule has 5 heteroatoms. The minimum Gasteiger partial charge on any atom is -0.498 e. The molecule has 1 atom stereocenters. The zero-order valence-electron chi connectivity index (χ0n) is 13.1. The largest absolute Gasteiger partial charge is 0.498 e. The van der Waals surface area contributed by atoms with E-state index in [1.807, 2.05) is 6.92 Å². The maximum atomic E-state index is 12.2. The number of carbonyl (C=O) groups excluding carboxylic acids is 1. The van der Waals surface area contributed by atoms with Crippen LogP contribution in [0, 0.1) is 13.8 Å². The quantitative estimate of drug-likeness (QED) is 0.893. The lowest BCUT2D eigenvalue weighted by atomic mass is 9.96. The van der Waals surface area contributed by atoms with Crippen molar-refractivity contribution in [1.29, 1.82) is 0 Å². The zero-order valence-corrected chi connectivity index (χ0v) is 13.1. The summed E-state index contributed by atoms with van der Waals surface area (Å²) in [4.78, 5) is 12.2. The van der Waals surface area contributed by atoms with E-state index >= 15 is 0 Å². The van der Waals surface area contributed by atoms with E-state index in [0.29, 0.717) is 35.7 Å². The van der Waals surface area contributed by atoms with Gasteiger partial charge in [0.2, 0.25) is 0 Å². The van der Waals surface area contributed by atoms with Gasteiger partial charge in [0.15, 0.2) is 0 Å². The molecule has 1 unspecified atom stereocenters. The van der Waals surface area contributed by atoms with Crippen LogP contribution in [0.25, 0.3) is 0 Å². The second-order valence-electron chi connectivity index (χ2n) is 5.77. The summed E-state index contributed by atoms with van der Waals surface area (Å²) in [6, 6.07) is 1.80. The highest BCUT2D eigenvalue weighted by Crippen LogP contribution is 2.26. The standard InChI is InChI=1S/C16H23NO4/c1-10-8-14(12(3)21-10)16(4,19)9-17-15(18)13-6-5-7-20-11(13)2/h8,19H,5-7,9H2,1-4H3,(H,17,18). The monoisotopic (exact) mass is 293 g/mol. The lowest BCUT2D eigenvalue weighted by Gasteiger charge is -2.25. The molecule has 1 aromatic rings. The van der Waals surface area contributed by atoms with Crippen molar-refractivity contribution in [3.63, 3.8) is 0 Å². The number of furan rings is 1. The van der Waals surface area contributed by atoms with Gasteiger partial charge in [-0.3, -0.25) is 4.79 Å². The fourth-order valence-corrected chi connectivity index (χ4v) is 2.63. The van der Waals surface area contributed by atoms with Crippen molar-refractivity contribution in [2.75, 3.05) is 13.2 Å². The van der Waals surface area contributed by atoms with Crippen LogP contribution in [0.3, 0.4) is 0 Å². The highest BCUT2D eigenvalue weighted by atomic mass is 16.5. The third kappa shape index (κ3) is 3.47. The highest BCUT2D eigenvalue weighted by Gasteiger charge is 2.29. The molecule has 1 aliphatic rings. The molecule has 116 valence electrons. The fourth-order valence-electron chi connectivity index (χ4n) is 2.63. The van der Waals surface area contributed by atoms with E-state index in [0.717, 1.165) is 12.2 Å². The summed E-state index contributed by atoms with van der Waals surface area (Å²) in [5, 5.41) is 13.4. The molecule has 1 aliphatic heterocycles. The van der Waals surface area contributed by atoms with Crippen molar-refractivity contribution < 1.29 is 19.1 Å². The lowest BCUT2D eigenvalue weighted by molar-refractivity contribution is -0.119. The summed E-state index contributed by atoms with van der Waals surface area (Å²) in [5.41, 5.74) is 0.199. The van der Waals surface area contributed by atoms with Crippen molar-refractivity contribution in [3.05, 3.63) is 34.5 Å². The van der Waals surface area contributed by atoms with Gasteiger partial charge in [-0.15, -0.1) is 0 Å². The summed E-state index contributed by atoms with van der Waals surface area (Å²) in [6.45, 7) is 7.90. The van der Waals surface area contributed by atoms with E-state index in [1.165, 1.54) is 0 Å². The Hall–Kier alpha value is -1.75. The minimum atomic E-state index is -1.17. The zero-order chi connectivity index (χ0) is 15.6. The van der Waals surface area contributed by atoms with Gasteiger partial charge < -0.3 is 19.6 Å². The van der Waals surface area contributed by atoms with Crippen molar-refractivity contribution in [2.24, 2.45) is 0 Å². The second-order valence-corrected chi connectivity index (χ2v) is 5.77. The van der Waals surface area contributed by atoms with Gasteiger partial charge in [-0.05, 0) is 46.6 Å². The van der Waals surface area contributed by atoms with Gasteiger partial charge in [0, 0.05) is 5.56 Å². The topological polar surface area (TPSA) is 71.7 Å². The Morgan fingerprint density at radius 3 is 2.71 bits per heavy atom. The van der Waals surface area contributed by atoms with Gasteiger partial charge in [-0.25, -0.2) is 0 Å². The molecule has 0 saturated carbocycles. The Balaban J connectivity index is 2.05. The molecule has 21 heavy (non-hydrogen) atoms. The Morgan fingerprint density at radius 1 is 1.43 bits per heavy atom. The number of carbonyl (C=O) groups is 1. The first kappa shape index (κ1) is 15.6. The van der Waals surface area contributed by atoms with Crippen LogP contribution >= 0.6 is 0 Å². The van der Waals surface area contributed by atoms with Crippen LogP contribution in [0.5, 0.6) is 0 Å². The molecule has 0 radical (unpaired) electrons. The van der Waals surface area contributed by atoms with Gasteiger partial charge in [0.1, 0.15) is 22.9 Å². The molecular formula is C16H23NO4. The number of aryl methyl sites for hydroxylation is 2. The molecule has 0 bridgehead atoms. The van der Waals surface area contributed by atoms with E-state index in [2.05, 4.69) is 5.32 Å². The molecule has 0 saturated heterocycles. The Kier molecular flexibility index (Phi) is 4.42. The molecule has 5 nitrogen and oxygen atoms in total. The number of nitrogens with one attached hydrogen (secondary N) is 1. The number of hydrogen-bond acceptors (Lipinski definition) is 4. The summed E-state index contributed by atoms with van der Waals surface area (Å²) in [7, 11) is 0. The Morgan fingerprint density at radius 2 is 2.14 bits per heavy atom. The van der Waals surface area contributed by atoms with Crippen molar-refractivity contribution in [2.45, 2.75) is 46.1 Å². The molecule has 0 spiro atoms. The van der Waals surface area contributed by atoms with E-state index in [1.54, 1.807) is 26.8 Å². The number of amides is 1. The van der Waals surface area contributed by atoms with Gasteiger partial charge in [-0.2, -0.15) is 0 Å². The van der Waals surface area contributed by atoms with Crippen LogP contribution in [0.4, 0.5) is 0 Å². The average molecular weight is 293 g/mol. The molecule has 1 amide bonds. The summed E-state index contributed by atoms with van der Waals surface area (Å²) in [5.74, 6) is 1.91. The summed E-state index contributed by atoms with van der Waals surface area (Å²) < 4.78 is 10.8. The van der Waals surface area contributed by atoms with Gasteiger partial charge in [0.25, 0.3) is 5.91 Å². The third-order valence-electron chi connectivity index (χ3n) is 3.80. The number of allylic oxidation sites excluding steroid dienone is 1. The Bertz CT molecular complexity index is 569. The SMILES string of the molecule is CC1=C(C(=O)NCC(C)(O)c2cc(C)oc2C)CCCO1. The number of rotatable bonds is 4. The first-order chi connectivity index (χ1) is 9.81. The van der Waals surface area contributed by atoms with Crippen LogP contribution in [-0.4, -0.2) is 24.2 Å². The number of ether oxygens (including phenoxy) is 1. The van der Waals surface area contributed by atoms with Crippen LogP contribution in [-0.2, 0) is 15.1 Å². The summed E-state index contributed by atoms with van der Waals surface area (Å²) in [6.07, 6.45) is 1.56. The van der Waals surface area contributed by atoms with E-state index in [-0.39, 0.29) is 12.5 Å². The molecule has 0 aromatic carbocycles. The molecule has 2 N–H and O–H groups in total. The number of aliphatic hydroxyl groups is 1. The van der Waals surface area contributed by atoms with Crippen LogP contribution in [0.2, 0.25) is 0 Å².